The fraction of sp³-hybridized carbons (Fsp3) is 0.346. The van der Waals surface area contributed by atoms with Gasteiger partial charge < -0.3 is 5.73 Å². The summed E-state index contributed by atoms with van der Waals surface area (Å²) in [5, 5.41) is 4.71. The topological polar surface area (TPSA) is 81.2 Å². The molecule has 5 rings (SSSR count). The van der Waals surface area contributed by atoms with Crippen molar-refractivity contribution in [2.75, 3.05) is 6.54 Å². The Morgan fingerprint density at radius 3 is 2.59 bits per heavy atom. The molecule has 194 valence electrons. The molecule has 1 aliphatic heterocycles. The van der Waals surface area contributed by atoms with Crippen molar-refractivity contribution in [2.45, 2.75) is 44.4 Å². The Morgan fingerprint density at radius 1 is 1.11 bits per heavy atom. The third kappa shape index (κ3) is 5.56. The summed E-state index contributed by atoms with van der Waals surface area (Å²) in [6, 6.07) is 9.18. The first kappa shape index (κ1) is 25.8. The molecule has 11 heteroatoms. The van der Waals surface area contributed by atoms with E-state index in [0.717, 1.165) is 43.5 Å². The maximum atomic E-state index is 13.5. The summed E-state index contributed by atoms with van der Waals surface area (Å²) in [5.41, 5.74) is 6.56. The molecule has 1 aliphatic carbocycles. The number of halogens is 4. The first-order chi connectivity index (χ1) is 17.6. The quantitative estimate of drug-likeness (QED) is 0.378. The van der Waals surface area contributed by atoms with Crippen LogP contribution in [-0.4, -0.2) is 38.4 Å². The number of alkyl halides is 3. The molecule has 1 saturated heterocycles. The van der Waals surface area contributed by atoms with Crippen molar-refractivity contribution in [1.82, 2.24) is 14.7 Å². The Bertz CT molecular complexity index is 1400. The summed E-state index contributed by atoms with van der Waals surface area (Å²) in [7, 11) is 0. The molecule has 1 saturated carbocycles. The van der Waals surface area contributed by atoms with Gasteiger partial charge in [0.15, 0.2) is 0 Å². The van der Waals surface area contributed by atoms with Gasteiger partial charge in [-0.3, -0.25) is 19.2 Å². The van der Waals surface area contributed by atoms with Crippen molar-refractivity contribution >= 4 is 51.5 Å². The Kier molecular flexibility index (Phi) is 7.08. The number of hydrogen-bond donors (Lipinski definition) is 1. The highest BCUT2D eigenvalue weighted by Crippen LogP contribution is 2.36. The second-order valence-electron chi connectivity index (χ2n) is 9.49. The maximum Gasteiger partial charge on any atom is 0.416 e. The summed E-state index contributed by atoms with van der Waals surface area (Å²) in [5.74, 6) is -0.0311. The number of carbonyl (C=O) groups is 2. The SMILES string of the molecule is N[C@H]1CC[C@H](CN2C(=O)S/C(=C\c3ccc4c(cnn4Cc4ccc(Cl)cc4C(F)(F)F)c3)C2=O)CC1. The Balaban J connectivity index is 1.34. The van der Waals surface area contributed by atoms with Crippen LogP contribution in [0.15, 0.2) is 47.5 Å². The first-order valence-corrected chi connectivity index (χ1v) is 13.1. The average molecular weight is 549 g/mol. The predicted molar refractivity (Wildman–Crippen MR) is 138 cm³/mol. The molecule has 0 atom stereocenters. The number of hydrogen-bond acceptors (Lipinski definition) is 5. The minimum atomic E-state index is -4.54. The molecule has 37 heavy (non-hydrogen) atoms. The number of imide groups is 1. The van der Waals surface area contributed by atoms with Gasteiger partial charge in [0.2, 0.25) is 0 Å². The molecule has 2 aromatic carbocycles. The summed E-state index contributed by atoms with van der Waals surface area (Å²) in [4.78, 5) is 27.1. The van der Waals surface area contributed by atoms with Crippen LogP contribution >= 0.6 is 23.4 Å². The zero-order chi connectivity index (χ0) is 26.3. The van der Waals surface area contributed by atoms with Crippen LogP contribution < -0.4 is 5.73 Å². The van der Waals surface area contributed by atoms with E-state index in [1.165, 1.54) is 21.7 Å². The highest BCUT2D eigenvalue weighted by Gasteiger charge is 2.37. The van der Waals surface area contributed by atoms with Gasteiger partial charge in [0, 0.05) is 23.0 Å². The van der Waals surface area contributed by atoms with E-state index in [1.807, 2.05) is 0 Å². The van der Waals surface area contributed by atoms with E-state index in [9.17, 15) is 22.8 Å². The standard InChI is InChI=1S/C26H24ClF3N4O2S/c27-19-5-4-17(21(11-19)26(28,29)30)14-34-22-8-3-16(9-18(22)12-32-34)10-23-24(35)33(25(36)37-23)13-15-1-6-20(31)7-2-15/h3-5,8-12,15,20H,1-2,6-7,13-14,31H2/b23-10-/t15-,20-. The number of thioether (sulfide) groups is 1. The van der Waals surface area contributed by atoms with Crippen LogP contribution in [0.3, 0.4) is 0 Å². The smallest absolute Gasteiger partial charge is 0.328 e. The Hall–Kier alpha value is -2.82. The first-order valence-electron chi connectivity index (χ1n) is 11.9. The molecule has 2 N–H and O–H groups in total. The molecule has 0 unspecified atom stereocenters. The molecular formula is C26H24ClF3N4O2S. The summed E-state index contributed by atoms with van der Waals surface area (Å²) >= 11 is 6.71. The van der Waals surface area contributed by atoms with Crippen LogP contribution in [0.1, 0.15) is 42.4 Å². The zero-order valence-corrected chi connectivity index (χ0v) is 21.2. The lowest BCUT2D eigenvalue weighted by Gasteiger charge is -2.28. The number of fused-ring (bicyclic) bond motifs is 1. The minimum absolute atomic E-state index is 0.0124. The van der Waals surface area contributed by atoms with E-state index in [2.05, 4.69) is 5.10 Å². The van der Waals surface area contributed by atoms with Crippen LogP contribution in [0, 0.1) is 5.92 Å². The van der Waals surface area contributed by atoms with E-state index >= 15 is 0 Å². The van der Waals surface area contributed by atoms with Gasteiger partial charge in [-0.15, -0.1) is 0 Å². The van der Waals surface area contributed by atoms with E-state index < -0.39 is 11.7 Å². The molecule has 1 aromatic heterocycles. The second-order valence-corrected chi connectivity index (χ2v) is 10.9. The van der Waals surface area contributed by atoms with Crippen molar-refractivity contribution in [1.29, 1.82) is 0 Å². The molecule has 2 amide bonds. The summed E-state index contributed by atoms with van der Waals surface area (Å²) in [6.45, 7) is 0.324. The molecule has 0 spiro atoms. The summed E-state index contributed by atoms with van der Waals surface area (Å²) in [6.07, 6.45) is 2.31. The molecule has 2 aliphatic rings. The van der Waals surface area contributed by atoms with Crippen LogP contribution in [-0.2, 0) is 17.5 Å². The number of rotatable bonds is 5. The Labute approximate surface area is 220 Å². The molecule has 6 nitrogen and oxygen atoms in total. The lowest BCUT2D eigenvalue weighted by molar-refractivity contribution is -0.138. The molecular weight excluding hydrogens is 525 g/mol. The van der Waals surface area contributed by atoms with Crippen molar-refractivity contribution in [3.05, 3.63) is 69.2 Å². The number of nitrogens with two attached hydrogens (primary N) is 1. The van der Waals surface area contributed by atoms with Gasteiger partial charge in [-0.25, -0.2) is 0 Å². The molecule has 2 fully saturated rings. The lowest BCUT2D eigenvalue weighted by Crippen LogP contribution is -2.36. The number of aromatic nitrogens is 2. The largest absolute Gasteiger partial charge is 0.416 e. The van der Waals surface area contributed by atoms with Gasteiger partial charge in [-0.2, -0.15) is 18.3 Å². The molecule has 3 aromatic rings. The number of nitrogens with zero attached hydrogens (tertiary/aromatic N) is 3. The van der Waals surface area contributed by atoms with Crippen LogP contribution in [0.5, 0.6) is 0 Å². The summed E-state index contributed by atoms with van der Waals surface area (Å²) < 4.78 is 42.0. The van der Waals surface area contributed by atoms with Crippen molar-refractivity contribution in [3.8, 4) is 0 Å². The van der Waals surface area contributed by atoms with E-state index in [1.54, 1.807) is 30.5 Å². The third-order valence-electron chi connectivity index (χ3n) is 6.87. The van der Waals surface area contributed by atoms with Crippen LogP contribution in [0.25, 0.3) is 17.0 Å². The minimum Gasteiger partial charge on any atom is -0.328 e. The highest BCUT2D eigenvalue weighted by atomic mass is 35.5. The third-order valence-corrected chi connectivity index (χ3v) is 8.01. The predicted octanol–water partition coefficient (Wildman–Crippen LogP) is 6.31. The fourth-order valence-electron chi connectivity index (χ4n) is 4.87. The Morgan fingerprint density at radius 2 is 1.86 bits per heavy atom. The van der Waals surface area contributed by atoms with Crippen molar-refractivity contribution < 1.29 is 22.8 Å². The highest BCUT2D eigenvalue weighted by molar-refractivity contribution is 8.18. The van der Waals surface area contributed by atoms with Crippen LogP contribution in [0.4, 0.5) is 18.0 Å². The number of benzene rings is 2. The maximum absolute atomic E-state index is 13.5. The van der Waals surface area contributed by atoms with Gasteiger partial charge in [0.05, 0.1) is 28.7 Å². The van der Waals surface area contributed by atoms with Gasteiger partial charge in [0.1, 0.15) is 0 Å². The van der Waals surface area contributed by atoms with E-state index in [0.29, 0.717) is 27.9 Å². The number of amides is 2. The van der Waals surface area contributed by atoms with Gasteiger partial charge >= 0.3 is 6.18 Å². The fourth-order valence-corrected chi connectivity index (χ4v) is 5.89. The van der Waals surface area contributed by atoms with Gasteiger partial charge in [-0.1, -0.05) is 23.7 Å². The molecule has 2 heterocycles. The zero-order valence-electron chi connectivity index (χ0n) is 19.7. The van der Waals surface area contributed by atoms with E-state index in [-0.39, 0.29) is 40.2 Å². The second kappa shape index (κ2) is 10.2. The molecule has 0 radical (unpaired) electrons. The van der Waals surface area contributed by atoms with Gasteiger partial charge in [-0.05, 0) is 84.8 Å². The van der Waals surface area contributed by atoms with Crippen molar-refractivity contribution in [2.24, 2.45) is 11.7 Å². The monoisotopic (exact) mass is 548 g/mol. The normalized spacial score (nSPS) is 22.0. The van der Waals surface area contributed by atoms with Crippen molar-refractivity contribution in [3.63, 3.8) is 0 Å². The average Bonchev–Trinajstić information content (AvgIpc) is 3.36. The van der Waals surface area contributed by atoms with Crippen LogP contribution in [0.2, 0.25) is 5.02 Å². The van der Waals surface area contributed by atoms with E-state index in [4.69, 9.17) is 17.3 Å². The molecule has 0 bridgehead atoms. The van der Waals surface area contributed by atoms with Gasteiger partial charge in [0.25, 0.3) is 11.1 Å². The number of carbonyl (C=O) groups excluding carboxylic acids is 2. The lowest BCUT2D eigenvalue weighted by atomic mass is 9.86.